The molecule has 1 atom stereocenters. The van der Waals surface area contributed by atoms with Crippen molar-refractivity contribution in [2.75, 3.05) is 13.2 Å². The van der Waals surface area contributed by atoms with Gasteiger partial charge in [0.05, 0.1) is 12.5 Å². The maximum atomic E-state index is 11.7. The molecule has 1 saturated heterocycles. The molecule has 106 valence electrons. The molecule has 18 heavy (non-hydrogen) atoms. The van der Waals surface area contributed by atoms with Gasteiger partial charge in [0.15, 0.2) is 0 Å². The van der Waals surface area contributed by atoms with Crippen LogP contribution in [0.25, 0.3) is 0 Å². The molecule has 1 aliphatic heterocycles. The van der Waals surface area contributed by atoms with Gasteiger partial charge in [-0.1, -0.05) is 19.3 Å². The summed E-state index contributed by atoms with van der Waals surface area (Å²) in [6.45, 7) is 1.43. The van der Waals surface area contributed by atoms with E-state index in [0.717, 1.165) is 32.3 Å². The number of halogens is 1. The minimum absolute atomic E-state index is 0. The first kappa shape index (κ1) is 15.7. The normalized spacial score (nSPS) is 26.4. The monoisotopic (exact) mass is 276 g/mol. The summed E-state index contributed by atoms with van der Waals surface area (Å²) in [5.41, 5.74) is 6.11. The molecule has 1 heterocycles. The van der Waals surface area contributed by atoms with E-state index in [9.17, 15) is 4.79 Å². The van der Waals surface area contributed by atoms with Gasteiger partial charge < -0.3 is 15.8 Å². The SMILES string of the molecule is Cl.NC1(CNC(=O)CC2CCCO2)CCCCC1. The van der Waals surface area contributed by atoms with Crippen molar-refractivity contribution in [1.29, 1.82) is 0 Å². The first-order valence-corrected chi connectivity index (χ1v) is 6.85. The first-order chi connectivity index (χ1) is 8.18. The zero-order chi connectivity index (χ0) is 12.1. The predicted molar refractivity (Wildman–Crippen MR) is 73.9 cm³/mol. The van der Waals surface area contributed by atoms with E-state index in [1.165, 1.54) is 19.3 Å². The Balaban J connectivity index is 0.00000162. The van der Waals surface area contributed by atoms with E-state index in [-0.39, 0.29) is 30.0 Å². The van der Waals surface area contributed by atoms with E-state index in [1.54, 1.807) is 0 Å². The second-order valence-corrected chi connectivity index (χ2v) is 5.54. The molecule has 1 aliphatic carbocycles. The van der Waals surface area contributed by atoms with Crippen molar-refractivity contribution < 1.29 is 9.53 Å². The van der Waals surface area contributed by atoms with Crippen LogP contribution in [0.1, 0.15) is 51.4 Å². The van der Waals surface area contributed by atoms with Crippen LogP contribution in [0.3, 0.4) is 0 Å². The van der Waals surface area contributed by atoms with Crippen molar-refractivity contribution >= 4 is 18.3 Å². The number of rotatable bonds is 4. The maximum absolute atomic E-state index is 11.7. The Labute approximate surface area is 115 Å². The minimum Gasteiger partial charge on any atom is -0.378 e. The molecule has 0 aromatic rings. The average Bonchev–Trinajstić information content (AvgIpc) is 2.80. The van der Waals surface area contributed by atoms with E-state index >= 15 is 0 Å². The molecular formula is C13H25ClN2O2. The topological polar surface area (TPSA) is 64.3 Å². The third-order valence-corrected chi connectivity index (χ3v) is 3.92. The number of nitrogens with one attached hydrogen (secondary N) is 1. The van der Waals surface area contributed by atoms with E-state index in [1.807, 2.05) is 0 Å². The van der Waals surface area contributed by atoms with Crippen molar-refractivity contribution in [3.05, 3.63) is 0 Å². The van der Waals surface area contributed by atoms with Crippen LogP contribution in [0.15, 0.2) is 0 Å². The van der Waals surface area contributed by atoms with Crippen LogP contribution in [0.5, 0.6) is 0 Å². The van der Waals surface area contributed by atoms with Crippen LogP contribution in [0.4, 0.5) is 0 Å². The molecule has 0 spiro atoms. The zero-order valence-electron chi connectivity index (χ0n) is 11.0. The standard InChI is InChI=1S/C13H24N2O2.ClH/c14-13(6-2-1-3-7-13)10-15-12(16)9-11-5-4-8-17-11;/h11H,1-10,14H2,(H,15,16);1H. The van der Waals surface area contributed by atoms with Gasteiger partial charge in [0.2, 0.25) is 5.91 Å². The molecule has 1 amide bonds. The highest BCUT2D eigenvalue weighted by atomic mass is 35.5. The second-order valence-electron chi connectivity index (χ2n) is 5.54. The van der Waals surface area contributed by atoms with E-state index < -0.39 is 0 Å². The van der Waals surface area contributed by atoms with Gasteiger partial charge in [-0.2, -0.15) is 0 Å². The fourth-order valence-corrected chi connectivity index (χ4v) is 2.79. The lowest BCUT2D eigenvalue weighted by Crippen LogP contribution is -2.51. The van der Waals surface area contributed by atoms with Crippen LogP contribution in [0.2, 0.25) is 0 Å². The average molecular weight is 277 g/mol. The van der Waals surface area contributed by atoms with Gasteiger partial charge in [-0.05, 0) is 25.7 Å². The van der Waals surface area contributed by atoms with Gasteiger partial charge in [0.25, 0.3) is 0 Å². The van der Waals surface area contributed by atoms with Crippen LogP contribution in [-0.2, 0) is 9.53 Å². The Kier molecular flexibility index (Phi) is 6.39. The highest BCUT2D eigenvalue weighted by molar-refractivity contribution is 5.85. The molecule has 0 aromatic heterocycles. The smallest absolute Gasteiger partial charge is 0.222 e. The fraction of sp³-hybridized carbons (Fsp3) is 0.923. The molecule has 2 fully saturated rings. The lowest BCUT2D eigenvalue weighted by atomic mass is 9.82. The number of ether oxygens (including phenoxy) is 1. The highest BCUT2D eigenvalue weighted by Gasteiger charge is 2.28. The summed E-state index contributed by atoms with van der Waals surface area (Å²) in [5.74, 6) is 0.0901. The Morgan fingerprint density at radius 3 is 2.61 bits per heavy atom. The molecule has 0 bridgehead atoms. The lowest BCUT2D eigenvalue weighted by molar-refractivity contribution is -0.123. The Bertz CT molecular complexity index is 262. The Morgan fingerprint density at radius 1 is 1.28 bits per heavy atom. The second kappa shape index (κ2) is 7.31. The number of carbonyl (C=O) groups excluding carboxylic acids is 1. The zero-order valence-corrected chi connectivity index (χ0v) is 11.8. The molecule has 2 aliphatic rings. The van der Waals surface area contributed by atoms with Crippen LogP contribution >= 0.6 is 12.4 Å². The number of amides is 1. The molecule has 1 saturated carbocycles. The summed E-state index contributed by atoms with van der Waals surface area (Å²) in [4.78, 5) is 11.7. The highest BCUT2D eigenvalue weighted by Crippen LogP contribution is 2.25. The first-order valence-electron chi connectivity index (χ1n) is 6.85. The van der Waals surface area contributed by atoms with E-state index in [0.29, 0.717) is 13.0 Å². The van der Waals surface area contributed by atoms with Crippen molar-refractivity contribution in [2.45, 2.75) is 63.0 Å². The molecule has 5 heteroatoms. The summed E-state index contributed by atoms with van der Waals surface area (Å²) in [5, 5.41) is 2.98. The van der Waals surface area contributed by atoms with E-state index in [4.69, 9.17) is 10.5 Å². The van der Waals surface area contributed by atoms with Crippen LogP contribution in [-0.4, -0.2) is 30.7 Å². The van der Waals surface area contributed by atoms with Crippen molar-refractivity contribution in [3.63, 3.8) is 0 Å². The van der Waals surface area contributed by atoms with Gasteiger partial charge in [0.1, 0.15) is 0 Å². The molecule has 0 aromatic carbocycles. The van der Waals surface area contributed by atoms with Crippen molar-refractivity contribution in [2.24, 2.45) is 5.73 Å². The minimum atomic E-state index is -0.162. The van der Waals surface area contributed by atoms with Crippen molar-refractivity contribution in [3.8, 4) is 0 Å². The van der Waals surface area contributed by atoms with E-state index in [2.05, 4.69) is 5.32 Å². The largest absolute Gasteiger partial charge is 0.378 e. The number of hydrogen-bond donors (Lipinski definition) is 2. The third-order valence-electron chi connectivity index (χ3n) is 3.92. The number of carbonyl (C=O) groups is 1. The summed E-state index contributed by atoms with van der Waals surface area (Å²) < 4.78 is 5.45. The third kappa shape index (κ3) is 4.75. The summed E-state index contributed by atoms with van der Waals surface area (Å²) in [7, 11) is 0. The summed E-state index contributed by atoms with van der Waals surface area (Å²) in [6, 6.07) is 0. The molecule has 1 unspecified atom stereocenters. The Hall–Kier alpha value is -0.320. The number of nitrogens with two attached hydrogens (primary N) is 1. The molecule has 2 rings (SSSR count). The quantitative estimate of drug-likeness (QED) is 0.822. The fourth-order valence-electron chi connectivity index (χ4n) is 2.79. The predicted octanol–water partition coefficient (Wildman–Crippen LogP) is 1.76. The van der Waals surface area contributed by atoms with Gasteiger partial charge in [0, 0.05) is 18.7 Å². The molecule has 3 N–H and O–H groups in total. The van der Waals surface area contributed by atoms with Crippen molar-refractivity contribution in [1.82, 2.24) is 5.32 Å². The van der Waals surface area contributed by atoms with Crippen LogP contribution < -0.4 is 11.1 Å². The Morgan fingerprint density at radius 2 is 2.00 bits per heavy atom. The molecule has 0 radical (unpaired) electrons. The molecule has 4 nitrogen and oxygen atoms in total. The summed E-state index contributed by atoms with van der Waals surface area (Å²) in [6.07, 6.45) is 8.46. The number of hydrogen-bond acceptors (Lipinski definition) is 3. The van der Waals surface area contributed by atoms with Gasteiger partial charge in [-0.3, -0.25) is 4.79 Å². The lowest BCUT2D eigenvalue weighted by Gasteiger charge is -2.33. The summed E-state index contributed by atoms with van der Waals surface area (Å²) >= 11 is 0. The van der Waals surface area contributed by atoms with Crippen LogP contribution in [0, 0.1) is 0 Å². The maximum Gasteiger partial charge on any atom is 0.222 e. The van der Waals surface area contributed by atoms with Gasteiger partial charge in [-0.25, -0.2) is 0 Å². The molecular weight excluding hydrogens is 252 g/mol. The van der Waals surface area contributed by atoms with Gasteiger partial charge >= 0.3 is 0 Å². The van der Waals surface area contributed by atoms with Gasteiger partial charge in [-0.15, -0.1) is 12.4 Å².